The van der Waals surface area contributed by atoms with Crippen molar-refractivity contribution >= 4 is 32.7 Å². The van der Waals surface area contributed by atoms with Gasteiger partial charge in [-0.15, -0.1) is 0 Å². The first kappa shape index (κ1) is 24.3. The van der Waals surface area contributed by atoms with Crippen LogP contribution in [0.4, 0.5) is 14.5 Å². The highest BCUT2D eigenvalue weighted by atomic mass is 32.2. The first-order chi connectivity index (χ1) is 16.7. The fraction of sp³-hybridized carbons (Fsp3) is 0.200. The lowest BCUT2D eigenvalue weighted by molar-refractivity contribution is -0.137. The molecule has 3 aromatic carbocycles. The van der Waals surface area contributed by atoms with E-state index in [-0.39, 0.29) is 23.7 Å². The van der Waals surface area contributed by atoms with Gasteiger partial charge in [0.2, 0.25) is 0 Å². The number of benzene rings is 3. The summed E-state index contributed by atoms with van der Waals surface area (Å²) in [7, 11) is -4.17. The van der Waals surface area contributed by atoms with Crippen molar-refractivity contribution < 1.29 is 27.1 Å². The Morgan fingerprint density at radius 1 is 1.03 bits per heavy atom. The van der Waals surface area contributed by atoms with E-state index in [0.717, 1.165) is 22.9 Å². The molecule has 0 aliphatic carbocycles. The smallest absolute Gasteiger partial charge is 0.323 e. The third-order valence-corrected chi connectivity index (χ3v) is 7.27. The molecule has 0 saturated heterocycles. The van der Waals surface area contributed by atoms with Crippen molar-refractivity contribution in [1.29, 1.82) is 0 Å². The quantitative estimate of drug-likeness (QED) is 0.359. The lowest BCUT2D eigenvalue weighted by Crippen LogP contribution is -2.30. The minimum Gasteiger partial charge on any atom is -0.480 e. The van der Waals surface area contributed by atoms with Crippen molar-refractivity contribution in [3.05, 3.63) is 89.8 Å². The van der Waals surface area contributed by atoms with Crippen LogP contribution in [-0.4, -0.2) is 29.0 Å². The summed E-state index contributed by atoms with van der Waals surface area (Å²) in [6, 6.07) is 14.8. The van der Waals surface area contributed by atoms with Crippen LogP contribution in [0.1, 0.15) is 24.7 Å². The number of nitrogens with zero attached hydrogens (tertiary/aromatic N) is 3. The molecule has 0 spiro atoms. The zero-order chi connectivity index (χ0) is 25.2. The summed E-state index contributed by atoms with van der Waals surface area (Å²) in [5.41, 5.74) is 1.67. The number of anilines is 1. The lowest BCUT2D eigenvalue weighted by atomic mass is 10.2. The van der Waals surface area contributed by atoms with Crippen LogP contribution in [0.2, 0.25) is 0 Å². The first-order valence-electron chi connectivity index (χ1n) is 10.9. The molecule has 0 saturated carbocycles. The number of carboxylic acids is 1. The Morgan fingerprint density at radius 2 is 1.77 bits per heavy atom. The summed E-state index contributed by atoms with van der Waals surface area (Å²) in [5, 5.41) is 9.33. The maximum absolute atomic E-state index is 13.8. The van der Waals surface area contributed by atoms with E-state index >= 15 is 0 Å². The number of rotatable bonds is 9. The van der Waals surface area contributed by atoms with E-state index in [2.05, 4.69) is 4.98 Å². The van der Waals surface area contributed by atoms with E-state index in [4.69, 9.17) is 0 Å². The standard InChI is InChI=1S/C25H23F2N3O4S/c1-2-4-24-28-22-14-20(9-12-23(22)29(24)16-25(31)32)30(15-17-5-3-6-19(27)13-17)35(33,34)21-10-7-18(26)8-11-21/h3,5-14H,2,4,15-16H2,1H3,(H,31,32). The van der Waals surface area contributed by atoms with Crippen molar-refractivity contribution in [2.45, 2.75) is 37.8 Å². The summed E-state index contributed by atoms with van der Waals surface area (Å²) in [6.45, 7) is 1.50. The summed E-state index contributed by atoms with van der Waals surface area (Å²) < 4.78 is 57.2. The molecule has 1 N–H and O–H groups in total. The number of carbonyl (C=O) groups is 1. The molecule has 0 bridgehead atoms. The molecule has 4 rings (SSSR count). The fourth-order valence-corrected chi connectivity index (χ4v) is 5.34. The van der Waals surface area contributed by atoms with Gasteiger partial charge < -0.3 is 9.67 Å². The molecule has 182 valence electrons. The van der Waals surface area contributed by atoms with Crippen LogP contribution < -0.4 is 4.31 Å². The molecule has 0 fully saturated rings. The molecule has 0 aliphatic heterocycles. The molecular formula is C25H23F2N3O4S. The summed E-state index contributed by atoms with van der Waals surface area (Å²) >= 11 is 0. The normalized spacial score (nSPS) is 11.6. The number of carboxylic acid groups (broad SMARTS) is 1. The van der Waals surface area contributed by atoms with Crippen molar-refractivity contribution in [2.75, 3.05) is 4.31 Å². The highest BCUT2D eigenvalue weighted by Crippen LogP contribution is 2.30. The van der Waals surface area contributed by atoms with Gasteiger partial charge in [-0.2, -0.15) is 0 Å². The number of imidazole rings is 1. The van der Waals surface area contributed by atoms with Crippen LogP contribution in [0.3, 0.4) is 0 Å². The van der Waals surface area contributed by atoms with E-state index in [9.17, 15) is 27.1 Å². The zero-order valence-electron chi connectivity index (χ0n) is 18.9. The number of hydrogen-bond donors (Lipinski definition) is 1. The first-order valence-corrected chi connectivity index (χ1v) is 12.4. The largest absolute Gasteiger partial charge is 0.480 e. The highest BCUT2D eigenvalue weighted by molar-refractivity contribution is 7.92. The molecule has 0 amide bonds. The molecular weight excluding hydrogens is 476 g/mol. The Hall–Kier alpha value is -3.79. The number of aromatic nitrogens is 2. The van der Waals surface area contributed by atoms with Crippen LogP contribution in [0, 0.1) is 11.6 Å². The molecule has 4 aromatic rings. The van der Waals surface area contributed by atoms with Crippen molar-refractivity contribution in [1.82, 2.24) is 9.55 Å². The highest BCUT2D eigenvalue weighted by Gasteiger charge is 2.26. The van der Waals surface area contributed by atoms with Gasteiger partial charge in [0.15, 0.2) is 0 Å². The number of hydrogen-bond acceptors (Lipinski definition) is 4. The molecule has 1 aromatic heterocycles. The Morgan fingerprint density at radius 3 is 2.43 bits per heavy atom. The maximum atomic E-state index is 13.8. The van der Waals surface area contributed by atoms with Gasteiger partial charge in [0.1, 0.15) is 24.0 Å². The Balaban J connectivity index is 1.85. The summed E-state index contributed by atoms with van der Waals surface area (Å²) in [6.07, 6.45) is 1.30. The van der Waals surface area contributed by atoms with E-state index in [1.54, 1.807) is 28.8 Å². The SMILES string of the molecule is CCCc1nc2cc(N(Cc3cccc(F)c3)S(=O)(=O)c3ccc(F)cc3)ccc2n1CC(=O)O. The van der Waals surface area contributed by atoms with Crippen LogP contribution in [0.5, 0.6) is 0 Å². The predicted molar refractivity (Wildman–Crippen MR) is 128 cm³/mol. The monoisotopic (exact) mass is 499 g/mol. The molecule has 0 radical (unpaired) electrons. The Labute approximate surface area is 201 Å². The number of aliphatic carboxylic acids is 1. The van der Waals surface area contributed by atoms with Crippen LogP contribution in [0.15, 0.2) is 71.6 Å². The van der Waals surface area contributed by atoms with Gasteiger partial charge in [-0.3, -0.25) is 9.10 Å². The van der Waals surface area contributed by atoms with Gasteiger partial charge in [0, 0.05) is 6.42 Å². The maximum Gasteiger partial charge on any atom is 0.323 e. The van der Waals surface area contributed by atoms with Gasteiger partial charge in [-0.25, -0.2) is 22.2 Å². The molecule has 7 nitrogen and oxygen atoms in total. The molecule has 0 atom stereocenters. The van der Waals surface area contributed by atoms with Gasteiger partial charge in [0.25, 0.3) is 10.0 Å². The zero-order valence-corrected chi connectivity index (χ0v) is 19.7. The minimum absolute atomic E-state index is 0.126. The lowest BCUT2D eigenvalue weighted by Gasteiger charge is -2.25. The van der Waals surface area contributed by atoms with Crippen LogP contribution in [-0.2, 0) is 34.3 Å². The van der Waals surface area contributed by atoms with Crippen LogP contribution in [0.25, 0.3) is 11.0 Å². The summed E-state index contributed by atoms with van der Waals surface area (Å²) in [4.78, 5) is 15.8. The predicted octanol–water partition coefficient (Wildman–Crippen LogP) is 4.75. The second-order valence-corrected chi connectivity index (χ2v) is 9.89. The molecule has 10 heteroatoms. The number of aryl methyl sites for hydroxylation is 1. The van der Waals surface area contributed by atoms with Gasteiger partial charge in [-0.05, 0) is 66.6 Å². The second-order valence-electron chi connectivity index (χ2n) is 8.03. The number of halogens is 2. The number of fused-ring (bicyclic) bond motifs is 1. The van der Waals surface area contributed by atoms with Crippen molar-refractivity contribution in [2.24, 2.45) is 0 Å². The third kappa shape index (κ3) is 5.17. The van der Waals surface area contributed by atoms with Gasteiger partial charge in [0.05, 0.1) is 28.2 Å². The topological polar surface area (TPSA) is 92.5 Å². The van der Waals surface area contributed by atoms with E-state index in [1.165, 1.54) is 30.3 Å². The van der Waals surface area contributed by atoms with Gasteiger partial charge >= 0.3 is 5.97 Å². The van der Waals surface area contributed by atoms with Crippen molar-refractivity contribution in [3.8, 4) is 0 Å². The van der Waals surface area contributed by atoms with Crippen molar-refractivity contribution in [3.63, 3.8) is 0 Å². The Bertz CT molecular complexity index is 1480. The summed E-state index contributed by atoms with van der Waals surface area (Å²) in [5.74, 6) is -1.51. The molecule has 35 heavy (non-hydrogen) atoms. The molecule has 0 aliphatic rings. The van der Waals surface area contributed by atoms with E-state index < -0.39 is 27.6 Å². The minimum atomic E-state index is -4.17. The van der Waals surface area contributed by atoms with Crippen LogP contribution >= 0.6 is 0 Å². The van der Waals surface area contributed by atoms with E-state index in [0.29, 0.717) is 28.8 Å². The Kier molecular flexibility index (Phi) is 6.83. The second kappa shape index (κ2) is 9.83. The average Bonchev–Trinajstić information content (AvgIpc) is 3.13. The van der Waals surface area contributed by atoms with E-state index in [1.807, 2.05) is 6.92 Å². The molecule has 1 heterocycles. The third-order valence-electron chi connectivity index (χ3n) is 5.48. The fourth-order valence-electron chi connectivity index (χ4n) is 3.90. The number of sulfonamides is 1. The molecule has 0 unspecified atom stereocenters. The average molecular weight is 500 g/mol. The van der Waals surface area contributed by atoms with Gasteiger partial charge in [-0.1, -0.05) is 19.1 Å².